The van der Waals surface area contributed by atoms with E-state index < -0.39 is 5.97 Å². The first-order valence-corrected chi connectivity index (χ1v) is 3.03. The third-order valence-corrected chi connectivity index (χ3v) is 1.11. The molecule has 4 nitrogen and oxygen atoms in total. The van der Waals surface area contributed by atoms with E-state index >= 15 is 0 Å². The minimum atomic E-state index is -1.16. The summed E-state index contributed by atoms with van der Waals surface area (Å²) in [4.78, 5) is 0. The highest BCUT2D eigenvalue weighted by molar-refractivity contribution is 7.80. The molecule has 0 amide bonds. The van der Waals surface area contributed by atoms with Crippen molar-refractivity contribution < 1.29 is 14.2 Å². The molecule has 2 N–H and O–H groups in total. The van der Waals surface area contributed by atoms with Gasteiger partial charge in [-0.1, -0.05) is 0 Å². The molecule has 0 aliphatic carbocycles. The molecule has 0 saturated heterocycles. The Morgan fingerprint density at radius 3 is 1.90 bits per heavy atom. The zero-order valence-electron chi connectivity index (χ0n) is 6.21. The molecular weight excluding hydrogens is 154 g/mol. The molecule has 0 aromatic rings. The largest absolute Gasteiger partial charge is 0.414 e. The second-order valence-electron chi connectivity index (χ2n) is 1.69. The quantitative estimate of drug-likeness (QED) is 0.478. The van der Waals surface area contributed by atoms with Gasteiger partial charge in [-0.05, 0) is 12.2 Å². The van der Waals surface area contributed by atoms with Gasteiger partial charge in [0.25, 0.3) is 5.17 Å². The molecule has 60 valence electrons. The number of thiocarbonyl (C=S) groups is 1. The zero-order valence-corrected chi connectivity index (χ0v) is 7.03. The van der Waals surface area contributed by atoms with Gasteiger partial charge < -0.3 is 19.9 Å². The van der Waals surface area contributed by atoms with Crippen LogP contribution in [0.1, 0.15) is 6.92 Å². The predicted octanol–water partition coefficient (Wildman–Crippen LogP) is 0.213. The predicted molar refractivity (Wildman–Crippen MR) is 40.3 cm³/mol. The lowest BCUT2D eigenvalue weighted by Crippen LogP contribution is -2.37. The summed E-state index contributed by atoms with van der Waals surface area (Å²) >= 11 is 4.47. The fourth-order valence-electron chi connectivity index (χ4n) is 0.349. The Morgan fingerprint density at radius 1 is 1.40 bits per heavy atom. The average Bonchev–Trinajstić information content (AvgIpc) is 1.87. The van der Waals surface area contributed by atoms with E-state index in [1.807, 2.05) is 0 Å². The third-order valence-electron chi connectivity index (χ3n) is 1.03. The number of rotatable bonds is 3. The summed E-state index contributed by atoms with van der Waals surface area (Å²) in [5.74, 6) is -1.16. The minimum absolute atomic E-state index is 0.105. The molecule has 0 rings (SSSR count). The van der Waals surface area contributed by atoms with E-state index in [0.29, 0.717) is 0 Å². The normalized spacial score (nSPS) is 11.1. The van der Waals surface area contributed by atoms with Crippen LogP contribution >= 0.6 is 12.2 Å². The van der Waals surface area contributed by atoms with E-state index in [4.69, 9.17) is 19.9 Å². The van der Waals surface area contributed by atoms with Gasteiger partial charge in [0, 0.05) is 21.1 Å². The first kappa shape index (κ1) is 9.61. The smallest absolute Gasteiger partial charge is 0.325 e. The van der Waals surface area contributed by atoms with Crippen LogP contribution in [0.25, 0.3) is 0 Å². The highest BCUT2D eigenvalue weighted by atomic mass is 32.1. The van der Waals surface area contributed by atoms with Crippen molar-refractivity contribution >= 4 is 17.4 Å². The maximum atomic E-state index is 5.08. The highest BCUT2D eigenvalue weighted by Crippen LogP contribution is 2.10. The SMILES string of the molecule is COC(C)(OC)OC(N)=S. The van der Waals surface area contributed by atoms with Gasteiger partial charge in [-0.2, -0.15) is 0 Å². The van der Waals surface area contributed by atoms with E-state index in [1.54, 1.807) is 6.92 Å². The minimum Gasteiger partial charge on any atom is -0.414 e. The molecule has 0 bridgehead atoms. The molecule has 0 aliphatic rings. The van der Waals surface area contributed by atoms with Crippen LogP contribution in [0.3, 0.4) is 0 Å². The van der Waals surface area contributed by atoms with E-state index in [1.165, 1.54) is 14.2 Å². The van der Waals surface area contributed by atoms with Gasteiger partial charge >= 0.3 is 5.97 Å². The first-order valence-electron chi connectivity index (χ1n) is 2.63. The van der Waals surface area contributed by atoms with E-state index in [9.17, 15) is 0 Å². The van der Waals surface area contributed by atoms with Crippen LogP contribution in [0.15, 0.2) is 0 Å². The Hall–Kier alpha value is -0.390. The molecule has 0 aliphatic heterocycles. The Morgan fingerprint density at radius 2 is 1.80 bits per heavy atom. The van der Waals surface area contributed by atoms with Crippen LogP contribution in [-0.4, -0.2) is 25.4 Å². The highest BCUT2D eigenvalue weighted by Gasteiger charge is 2.25. The molecule has 0 unspecified atom stereocenters. The van der Waals surface area contributed by atoms with Crippen molar-refractivity contribution in [2.24, 2.45) is 5.73 Å². The summed E-state index contributed by atoms with van der Waals surface area (Å²) in [7, 11) is 2.86. The molecule has 0 aromatic carbocycles. The number of nitrogens with two attached hydrogens (primary N) is 1. The number of hydrogen-bond acceptors (Lipinski definition) is 4. The summed E-state index contributed by atoms with van der Waals surface area (Å²) < 4.78 is 14.4. The summed E-state index contributed by atoms with van der Waals surface area (Å²) in [6.45, 7) is 1.56. The fraction of sp³-hybridized carbons (Fsp3) is 0.800. The molecule has 0 radical (unpaired) electrons. The number of hydrogen-bond donors (Lipinski definition) is 1. The number of ether oxygens (including phenoxy) is 3. The van der Waals surface area contributed by atoms with Crippen molar-refractivity contribution in [3.8, 4) is 0 Å². The Balaban J connectivity index is 3.92. The summed E-state index contributed by atoms with van der Waals surface area (Å²) in [5, 5.41) is -0.105. The van der Waals surface area contributed by atoms with Crippen molar-refractivity contribution in [2.75, 3.05) is 14.2 Å². The van der Waals surface area contributed by atoms with Crippen molar-refractivity contribution in [3.63, 3.8) is 0 Å². The van der Waals surface area contributed by atoms with Gasteiger partial charge in [0.15, 0.2) is 0 Å². The van der Waals surface area contributed by atoms with Crippen LogP contribution in [-0.2, 0) is 14.2 Å². The Kier molecular flexibility index (Phi) is 3.55. The third kappa shape index (κ3) is 2.95. The summed E-state index contributed by atoms with van der Waals surface area (Å²) in [6.07, 6.45) is 0. The van der Waals surface area contributed by atoms with Crippen molar-refractivity contribution in [2.45, 2.75) is 12.9 Å². The monoisotopic (exact) mass is 165 g/mol. The average molecular weight is 165 g/mol. The zero-order chi connectivity index (χ0) is 8.20. The van der Waals surface area contributed by atoms with Crippen molar-refractivity contribution in [1.82, 2.24) is 0 Å². The standard InChI is InChI=1S/C5H11NO3S/c1-5(7-2,8-3)9-4(6)10/h1-3H3,(H2,6,10). The maximum absolute atomic E-state index is 5.08. The Labute approximate surface area is 65.2 Å². The van der Waals surface area contributed by atoms with Crippen molar-refractivity contribution in [3.05, 3.63) is 0 Å². The molecule has 5 heteroatoms. The van der Waals surface area contributed by atoms with Gasteiger partial charge in [0.2, 0.25) is 0 Å². The molecule has 0 fully saturated rings. The fourth-order valence-corrected chi connectivity index (χ4v) is 0.501. The van der Waals surface area contributed by atoms with Gasteiger partial charge in [0.05, 0.1) is 0 Å². The first-order chi connectivity index (χ1) is 4.54. The van der Waals surface area contributed by atoms with E-state index in [2.05, 4.69) is 12.2 Å². The van der Waals surface area contributed by atoms with Gasteiger partial charge in [0.1, 0.15) is 0 Å². The molecule has 0 saturated carbocycles. The second-order valence-corrected chi connectivity index (χ2v) is 2.09. The van der Waals surface area contributed by atoms with Crippen molar-refractivity contribution in [1.29, 1.82) is 0 Å². The molecule has 0 heterocycles. The Bertz CT molecular complexity index is 124. The summed E-state index contributed by atoms with van der Waals surface area (Å²) in [6, 6.07) is 0. The lowest BCUT2D eigenvalue weighted by Gasteiger charge is -2.25. The molecule has 0 aromatic heterocycles. The van der Waals surface area contributed by atoms with Crippen LogP contribution in [0.5, 0.6) is 0 Å². The lowest BCUT2D eigenvalue weighted by molar-refractivity contribution is -0.316. The molecule has 0 spiro atoms. The second kappa shape index (κ2) is 3.70. The van der Waals surface area contributed by atoms with Crippen LogP contribution in [0.2, 0.25) is 0 Å². The van der Waals surface area contributed by atoms with E-state index in [-0.39, 0.29) is 5.17 Å². The van der Waals surface area contributed by atoms with Crippen LogP contribution in [0, 0.1) is 0 Å². The van der Waals surface area contributed by atoms with Crippen LogP contribution in [0.4, 0.5) is 0 Å². The summed E-state index contributed by atoms with van der Waals surface area (Å²) in [5.41, 5.74) is 5.08. The van der Waals surface area contributed by atoms with Crippen LogP contribution < -0.4 is 5.73 Å². The van der Waals surface area contributed by atoms with Gasteiger partial charge in [-0.25, -0.2) is 0 Å². The van der Waals surface area contributed by atoms with E-state index in [0.717, 1.165) is 0 Å². The van der Waals surface area contributed by atoms with Gasteiger partial charge in [-0.3, -0.25) is 0 Å². The number of methoxy groups -OCH3 is 2. The molecule has 0 atom stereocenters. The molecule has 10 heavy (non-hydrogen) atoms. The van der Waals surface area contributed by atoms with Gasteiger partial charge in [-0.15, -0.1) is 0 Å². The topological polar surface area (TPSA) is 53.7 Å². The lowest BCUT2D eigenvalue weighted by atomic mass is 10.6. The maximum Gasteiger partial charge on any atom is 0.325 e. The molecular formula is C5H11NO3S.